The van der Waals surface area contributed by atoms with Gasteiger partial charge in [-0.05, 0) is 38.8 Å². The molecule has 0 unspecified atom stereocenters. The number of imidazole rings is 2. The minimum absolute atomic E-state index is 0.0539. The van der Waals surface area contributed by atoms with E-state index in [9.17, 15) is 13.6 Å². The molecule has 1 aliphatic heterocycles. The van der Waals surface area contributed by atoms with Gasteiger partial charge in [-0.25, -0.2) is 23.7 Å². The first-order chi connectivity index (χ1) is 16.3. The van der Waals surface area contributed by atoms with Crippen molar-refractivity contribution in [1.82, 2.24) is 29.0 Å². The van der Waals surface area contributed by atoms with Gasteiger partial charge in [-0.1, -0.05) is 12.1 Å². The van der Waals surface area contributed by atoms with E-state index in [0.717, 1.165) is 41.3 Å². The Hall–Kier alpha value is -3.62. The number of halogens is 2. The van der Waals surface area contributed by atoms with E-state index in [1.165, 1.54) is 17.0 Å². The average molecular weight is 463 g/mol. The van der Waals surface area contributed by atoms with Gasteiger partial charge in [0.05, 0.1) is 34.7 Å². The van der Waals surface area contributed by atoms with Crippen LogP contribution >= 0.6 is 0 Å². The number of hydrogen-bond donors (Lipinski definition) is 0. The second-order valence-electron chi connectivity index (χ2n) is 9.28. The largest absolute Gasteiger partial charge is 0.338 e. The molecule has 9 heteroatoms. The SMILES string of the molecule is Cc1cn(-c2nc3cccc(-c4nc(C5CC5)n5c4CN(C)C(=O)[C@H]5C)c3cc2C(F)F)cn1. The van der Waals surface area contributed by atoms with Crippen molar-refractivity contribution in [2.24, 2.45) is 0 Å². The lowest BCUT2D eigenvalue weighted by Gasteiger charge is -2.31. The Morgan fingerprint density at radius 3 is 2.65 bits per heavy atom. The van der Waals surface area contributed by atoms with Crippen LogP contribution in [-0.2, 0) is 11.3 Å². The summed E-state index contributed by atoms with van der Waals surface area (Å²) in [6.07, 6.45) is 2.58. The van der Waals surface area contributed by atoms with Crippen molar-refractivity contribution in [2.45, 2.75) is 51.6 Å². The van der Waals surface area contributed by atoms with E-state index in [0.29, 0.717) is 23.4 Å². The number of aromatic nitrogens is 5. The summed E-state index contributed by atoms with van der Waals surface area (Å²) in [7, 11) is 1.79. The van der Waals surface area contributed by atoms with E-state index in [-0.39, 0.29) is 23.3 Å². The van der Waals surface area contributed by atoms with Crippen molar-refractivity contribution in [3.8, 4) is 17.1 Å². The zero-order valence-corrected chi connectivity index (χ0v) is 19.2. The number of benzene rings is 1. The Kier molecular flexibility index (Phi) is 4.59. The molecule has 1 aromatic carbocycles. The van der Waals surface area contributed by atoms with Crippen molar-refractivity contribution in [3.05, 3.63) is 59.6 Å². The van der Waals surface area contributed by atoms with Crippen LogP contribution in [0.1, 0.15) is 60.9 Å². The predicted molar refractivity (Wildman–Crippen MR) is 123 cm³/mol. The van der Waals surface area contributed by atoms with Gasteiger partial charge in [0.15, 0.2) is 0 Å². The maximum atomic E-state index is 14.2. The molecule has 4 heterocycles. The minimum atomic E-state index is -2.70. The third-order valence-corrected chi connectivity index (χ3v) is 6.80. The average Bonchev–Trinajstić information content (AvgIpc) is 3.46. The molecule has 0 spiro atoms. The lowest BCUT2D eigenvalue weighted by molar-refractivity contribution is -0.135. The number of amides is 1. The summed E-state index contributed by atoms with van der Waals surface area (Å²) in [6, 6.07) is 6.78. The number of fused-ring (bicyclic) bond motifs is 2. The molecular weight excluding hydrogens is 438 g/mol. The maximum Gasteiger partial charge on any atom is 0.267 e. The summed E-state index contributed by atoms with van der Waals surface area (Å²) in [6.45, 7) is 4.13. The highest BCUT2D eigenvalue weighted by molar-refractivity contribution is 5.96. The van der Waals surface area contributed by atoms with Crippen molar-refractivity contribution >= 4 is 16.8 Å². The van der Waals surface area contributed by atoms with E-state index in [4.69, 9.17) is 4.98 Å². The molecule has 0 bridgehead atoms. The standard InChI is InChI=1S/C25H24F2N6O/c1-13-10-32(12-28-13)24-18(22(26)27)9-17-16(5-4-6-19(17)29-24)21-20-11-31(3)25(34)14(2)33(20)23(30-21)15-7-8-15/h4-6,9-10,12,14-15,22H,7-8,11H2,1-3H3/t14-/m1/s1. The number of likely N-dealkylation sites (N-methyl/N-ethyl adjacent to an activating group) is 1. The third-order valence-electron chi connectivity index (χ3n) is 6.80. The van der Waals surface area contributed by atoms with Gasteiger partial charge in [0.1, 0.15) is 24.0 Å². The number of rotatable bonds is 4. The molecule has 7 nitrogen and oxygen atoms in total. The highest BCUT2D eigenvalue weighted by Gasteiger charge is 2.38. The Balaban J connectivity index is 1.59. The summed E-state index contributed by atoms with van der Waals surface area (Å²) in [5, 5.41) is 0.619. The Morgan fingerprint density at radius 1 is 1.18 bits per heavy atom. The Labute approximate surface area is 195 Å². The summed E-state index contributed by atoms with van der Waals surface area (Å²) >= 11 is 0. The van der Waals surface area contributed by atoms with E-state index in [1.807, 2.05) is 25.1 Å². The molecule has 1 fully saturated rings. The normalized spacial score (nSPS) is 18.2. The first-order valence-corrected chi connectivity index (χ1v) is 11.4. The Bertz CT molecular complexity index is 1450. The highest BCUT2D eigenvalue weighted by atomic mass is 19.3. The fraction of sp³-hybridized carbons (Fsp3) is 0.360. The van der Waals surface area contributed by atoms with E-state index < -0.39 is 6.43 Å². The lowest BCUT2D eigenvalue weighted by Crippen LogP contribution is -2.39. The fourth-order valence-corrected chi connectivity index (χ4v) is 4.96. The highest BCUT2D eigenvalue weighted by Crippen LogP contribution is 2.45. The molecular formula is C25H24F2N6O. The van der Waals surface area contributed by atoms with Crippen LogP contribution in [0, 0.1) is 6.92 Å². The molecule has 1 atom stereocenters. The predicted octanol–water partition coefficient (Wildman–Crippen LogP) is 4.94. The maximum absolute atomic E-state index is 14.2. The number of pyridine rings is 1. The lowest BCUT2D eigenvalue weighted by atomic mass is 10.0. The number of aryl methyl sites for hydroxylation is 1. The zero-order valence-electron chi connectivity index (χ0n) is 19.2. The minimum Gasteiger partial charge on any atom is -0.338 e. The molecule has 3 aromatic heterocycles. The van der Waals surface area contributed by atoms with E-state index in [1.54, 1.807) is 25.1 Å². The molecule has 174 valence electrons. The molecule has 1 aliphatic carbocycles. The molecule has 1 saturated carbocycles. The van der Waals surface area contributed by atoms with Crippen LogP contribution in [0.3, 0.4) is 0 Å². The van der Waals surface area contributed by atoms with Gasteiger partial charge < -0.3 is 9.47 Å². The Morgan fingerprint density at radius 2 is 1.97 bits per heavy atom. The molecule has 0 saturated heterocycles. The third kappa shape index (κ3) is 3.13. The molecule has 0 radical (unpaired) electrons. The van der Waals surface area contributed by atoms with Crippen molar-refractivity contribution in [2.75, 3.05) is 7.05 Å². The van der Waals surface area contributed by atoms with Crippen LogP contribution in [0.25, 0.3) is 28.0 Å². The number of nitrogens with zero attached hydrogens (tertiary/aromatic N) is 6. The first-order valence-electron chi connectivity index (χ1n) is 11.4. The second kappa shape index (κ2) is 7.44. The van der Waals surface area contributed by atoms with Gasteiger partial charge in [0.25, 0.3) is 6.43 Å². The van der Waals surface area contributed by atoms with Crippen LogP contribution in [0.4, 0.5) is 8.78 Å². The van der Waals surface area contributed by atoms with E-state index in [2.05, 4.69) is 14.5 Å². The van der Waals surface area contributed by atoms with Crippen molar-refractivity contribution < 1.29 is 13.6 Å². The van der Waals surface area contributed by atoms with E-state index >= 15 is 0 Å². The van der Waals surface area contributed by atoms with Gasteiger partial charge in [-0.3, -0.25) is 9.36 Å². The smallest absolute Gasteiger partial charge is 0.267 e. The van der Waals surface area contributed by atoms with Crippen molar-refractivity contribution in [3.63, 3.8) is 0 Å². The van der Waals surface area contributed by atoms with Crippen LogP contribution < -0.4 is 0 Å². The van der Waals surface area contributed by atoms with Crippen LogP contribution in [-0.4, -0.2) is 41.9 Å². The van der Waals surface area contributed by atoms with Gasteiger partial charge in [0, 0.05) is 30.1 Å². The summed E-state index contributed by atoms with van der Waals surface area (Å²) in [4.78, 5) is 28.2. The van der Waals surface area contributed by atoms with Crippen LogP contribution in [0.5, 0.6) is 0 Å². The number of hydrogen-bond acceptors (Lipinski definition) is 4. The van der Waals surface area contributed by atoms with Gasteiger partial charge >= 0.3 is 0 Å². The number of carbonyl (C=O) groups is 1. The first kappa shape index (κ1) is 20.9. The number of carbonyl (C=O) groups excluding carboxylic acids is 1. The molecule has 0 N–H and O–H groups in total. The molecule has 6 rings (SSSR count). The topological polar surface area (TPSA) is 68.8 Å². The van der Waals surface area contributed by atoms with Gasteiger partial charge in [0.2, 0.25) is 5.91 Å². The van der Waals surface area contributed by atoms with Crippen LogP contribution in [0.15, 0.2) is 36.8 Å². The van der Waals surface area contributed by atoms with Gasteiger partial charge in [-0.2, -0.15) is 0 Å². The number of alkyl halides is 2. The van der Waals surface area contributed by atoms with Gasteiger partial charge in [-0.15, -0.1) is 0 Å². The molecule has 4 aromatic rings. The van der Waals surface area contributed by atoms with Crippen molar-refractivity contribution in [1.29, 1.82) is 0 Å². The summed E-state index contributed by atoms with van der Waals surface area (Å²) in [5.74, 6) is 1.48. The molecule has 2 aliphatic rings. The quantitative estimate of drug-likeness (QED) is 0.431. The molecule has 34 heavy (non-hydrogen) atoms. The fourth-order valence-electron chi connectivity index (χ4n) is 4.96. The second-order valence-corrected chi connectivity index (χ2v) is 9.28. The monoisotopic (exact) mass is 462 g/mol. The summed E-state index contributed by atoms with van der Waals surface area (Å²) < 4.78 is 32.0. The summed E-state index contributed by atoms with van der Waals surface area (Å²) in [5.41, 5.74) is 3.61. The molecule has 1 amide bonds. The zero-order chi connectivity index (χ0) is 23.7. The van der Waals surface area contributed by atoms with Crippen LogP contribution in [0.2, 0.25) is 0 Å².